The van der Waals surface area contributed by atoms with Crippen molar-refractivity contribution in [3.05, 3.63) is 72.5 Å². The maximum atomic E-state index is 13.8. The van der Waals surface area contributed by atoms with Crippen molar-refractivity contribution < 1.29 is 9.50 Å². The van der Waals surface area contributed by atoms with Crippen LogP contribution in [0.5, 0.6) is 0 Å². The van der Waals surface area contributed by atoms with Crippen molar-refractivity contribution in [2.24, 2.45) is 0 Å². The van der Waals surface area contributed by atoms with Gasteiger partial charge in [-0.15, -0.1) is 0 Å². The fourth-order valence-electron chi connectivity index (χ4n) is 4.46. The number of rotatable bonds is 5. The van der Waals surface area contributed by atoms with Crippen molar-refractivity contribution in [2.45, 2.75) is 31.7 Å². The Bertz CT molecular complexity index is 1190. The van der Waals surface area contributed by atoms with Crippen LogP contribution in [-0.2, 0) is 0 Å². The van der Waals surface area contributed by atoms with E-state index < -0.39 is 0 Å². The largest absolute Gasteiger partial charge is 0.396 e. The van der Waals surface area contributed by atoms with Crippen molar-refractivity contribution in [3.63, 3.8) is 0 Å². The number of fused-ring (bicyclic) bond motifs is 1. The molecule has 0 aliphatic carbocycles. The summed E-state index contributed by atoms with van der Waals surface area (Å²) in [5.74, 6) is 0.677. The Hall–Kier alpha value is -3.25. The number of halogens is 1. The highest BCUT2D eigenvalue weighted by molar-refractivity contribution is 5.71. The Morgan fingerprint density at radius 2 is 1.77 bits per heavy atom. The zero-order valence-electron chi connectivity index (χ0n) is 17.3. The first-order valence-electron chi connectivity index (χ1n) is 10.8. The van der Waals surface area contributed by atoms with Crippen LogP contribution in [0.25, 0.3) is 28.2 Å². The van der Waals surface area contributed by atoms with Gasteiger partial charge in [0.15, 0.2) is 5.65 Å². The zero-order valence-corrected chi connectivity index (χ0v) is 17.3. The lowest BCUT2D eigenvalue weighted by molar-refractivity contribution is 0.262. The molecule has 1 N–H and O–H groups in total. The highest BCUT2D eigenvalue weighted by Crippen LogP contribution is 2.32. The zero-order chi connectivity index (χ0) is 21.2. The molecular weight excluding hydrogens is 391 g/mol. The van der Waals surface area contributed by atoms with Gasteiger partial charge in [-0.2, -0.15) is 9.61 Å². The molecule has 2 aromatic carbocycles. The number of anilines is 1. The third-order valence-electron chi connectivity index (χ3n) is 5.98. The normalized spacial score (nSPS) is 16.7. The Labute approximate surface area is 180 Å². The summed E-state index contributed by atoms with van der Waals surface area (Å²) in [6, 6.07) is 20.8. The van der Waals surface area contributed by atoms with E-state index in [0.29, 0.717) is 5.69 Å². The van der Waals surface area contributed by atoms with Gasteiger partial charge in [-0.05, 0) is 37.8 Å². The topological polar surface area (TPSA) is 53.7 Å². The average molecular weight is 417 g/mol. The molecule has 1 atom stereocenters. The molecule has 2 aromatic heterocycles. The summed E-state index contributed by atoms with van der Waals surface area (Å²) in [5, 5.41) is 14.4. The lowest BCUT2D eigenvalue weighted by Crippen LogP contribution is -2.41. The van der Waals surface area contributed by atoms with Crippen molar-refractivity contribution in [3.8, 4) is 22.5 Å². The highest BCUT2D eigenvalue weighted by Gasteiger charge is 2.26. The molecule has 3 heterocycles. The van der Waals surface area contributed by atoms with Crippen molar-refractivity contribution in [1.29, 1.82) is 0 Å². The minimum atomic E-state index is -0.285. The fourth-order valence-corrected chi connectivity index (χ4v) is 4.46. The lowest BCUT2D eigenvalue weighted by Gasteiger charge is -2.37. The lowest BCUT2D eigenvalue weighted by atomic mass is 9.99. The van der Waals surface area contributed by atoms with Gasteiger partial charge in [0.05, 0.1) is 11.4 Å². The molecule has 1 aliphatic rings. The molecule has 1 aliphatic heterocycles. The number of benzene rings is 2. The van der Waals surface area contributed by atoms with Gasteiger partial charge in [-0.25, -0.2) is 9.37 Å². The van der Waals surface area contributed by atoms with E-state index >= 15 is 0 Å². The predicted octanol–water partition coefficient (Wildman–Crippen LogP) is 4.94. The Morgan fingerprint density at radius 3 is 2.58 bits per heavy atom. The minimum absolute atomic E-state index is 0.161. The van der Waals surface area contributed by atoms with Gasteiger partial charge in [0.1, 0.15) is 11.6 Å². The number of aromatic nitrogens is 3. The summed E-state index contributed by atoms with van der Waals surface area (Å²) < 4.78 is 15.7. The number of nitrogens with zero attached hydrogens (tertiary/aromatic N) is 4. The fraction of sp³-hybridized carbons (Fsp3) is 0.280. The minimum Gasteiger partial charge on any atom is -0.396 e. The first-order valence-corrected chi connectivity index (χ1v) is 10.8. The van der Waals surface area contributed by atoms with Gasteiger partial charge < -0.3 is 10.0 Å². The maximum Gasteiger partial charge on any atom is 0.158 e. The van der Waals surface area contributed by atoms with Gasteiger partial charge in [0.25, 0.3) is 0 Å². The number of aliphatic hydroxyl groups is 1. The summed E-state index contributed by atoms with van der Waals surface area (Å²) in [5.41, 5.74) is 4.05. The molecule has 1 saturated heterocycles. The van der Waals surface area contributed by atoms with Crippen LogP contribution >= 0.6 is 0 Å². The van der Waals surface area contributed by atoms with Crippen LogP contribution in [-0.4, -0.2) is 38.9 Å². The molecule has 0 amide bonds. The van der Waals surface area contributed by atoms with Gasteiger partial charge in [-0.3, -0.25) is 0 Å². The van der Waals surface area contributed by atoms with E-state index in [9.17, 15) is 9.50 Å². The molecular formula is C25H25FN4O. The van der Waals surface area contributed by atoms with E-state index in [0.717, 1.165) is 60.5 Å². The smallest absolute Gasteiger partial charge is 0.158 e. The molecule has 5 nitrogen and oxygen atoms in total. The van der Waals surface area contributed by atoms with E-state index in [1.54, 1.807) is 6.07 Å². The Balaban J connectivity index is 1.69. The van der Waals surface area contributed by atoms with E-state index in [1.165, 1.54) is 12.1 Å². The molecule has 0 bridgehead atoms. The van der Waals surface area contributed by atoms with Crippen LogP contribution in [0.15, 0.2) is 66.7 Å². The number of piperidine rings is 1. The van der Waals surface area contributed by atoms with E-state index in [1.807, 2.05) is 47.0 Å². The average Bonchev–Trinajstić information content (AvgIpc) is 3.24. The molecule has 1 fully saturated rings. The van der Waals surface area contributed by atoms with E-state index in [4.69, 9.17) is 10.1 Å². The number of hydrogen-bond donors (Lipinski definition) is 1. The van der Waals surface area contributed by atoms with Crippen molar-refractivity contribution in [2.75, 3.05) is 18.1 Å². The van der Waals surface area contributed by atoms with Crippen LogP contribution in [0, 0.1) is 5.82 Å². The Kier molecular flexibility index (Phi) is 5.38. The predicted molar refractivity (Wildman–Crippen MR) is 121 cm³/mol. The molecule has 6 heteroatoms. The second-order valence-corrected chi connectivity index (χ2v) is 8.03. The van der Waals surface area contributed by atoms with Gasteiger partial charge in [-0.1, -0.05) is 42.5 Å². The molecule has 158 valence electrons. The van der Waals surface area contributed by atoms with Crippen LogP contribution in [0.2, 0.25) is 0 Å². The standard InChI is InChI=1S/C25H25FN4O/c26-20-10-6-9-19(15-20)23-16-24-27-22(18-7-2-1-3-8-18)17-25(30(24)28-23)29-13-5-4-11-21(29)12-14-31/h1-3,6-10,15-17,21,31H,4-5,11-14H2. The monoisotopic (exact) mass is 416 g/mol. The third-order valence-corrected chi connectivity index (χ3v) is 5.98. The summed E-state index contributed by atoms with van der Waals surface area (Å²) in [6.45, 7) is 1.07. The summed E-state index contributed by atoms with van der Waals surface area (Å²) >= 11 is 0. The number of aliphatic hydroxyl groups excluding tert-OH is 1. The highest BCUT2D eigenvalue weighted by atomic mass is 19.1. The molecule has 1 unspecified atom stereocenters. The molecule has 0 saturated carbocycles. The third kappa shape index (κ3) is 3.91. The molecule has 4 aromatic rings. The molecule has 0 radical (unpaired) electrons. The van der Waals surface area contributed by atoms with Crippen LogP contribution in [0.4, 0.5) is 10.2 Å². The Morgan fingerprint density at radius 1 is 0.935 bits per heavy atom. The second kappa shape index (κ2) is 8.47. The van der Waals surface area contributed by atoms with E-state index in [2.05, 4.69) is 11.0 Å². The van der Waals surface area contributed by atoms with Crippen molar-refractivity contribution in [1.82, 2.24) is 14.6 Å². The molecule has 5 rings (SSSR count). The van der Waals surface area contributed by atoms with Crippen LogP contribution < -0.4 is 4.90 Å². The van der Waals surface area contributed by atoms with Crippen LogP contribution in [0.1, 0.15) is 25.7 Å². The van der Waals surface area contributed by atoms with Gasteiger partial charge in [0, 0.05) is 42.5 Å². The summed E-state index contributed by atoms with van der Waals surface area (Å²) in [6.07, 6.45) is 4.03. The first kappa shape index (κ1) is 19.7. The molecule has 0 spiro atoms. The van der Waals surface area contributed by atoms with Gasteiger partial charge >= 0.3 is 0 Å². The van der Waals surface area contributed by atoms with Crippen molar-refractivity contribution >= 4 is 11.5 Å². The first-order chi connectivity index (χ1) is 15.2. The SMILES string of the molecule is OCCC1CCCCN1c1cc(-c2ccccc2)nc2cc(-c3cccc(F)c3)nn12. The summed E-state index contributed by atoms with van der Waals surface area (Å²) in [7, 11) is 0. The molecule has 31 heavy (non-hydrogen) atoms. The second-order valence-electron chi connectivity index (χ2n) is 8.03. The van der Waals surface area contributed by atoms with Crippen LogP contribution in [0.3, 0.4) is 0 Å². The maximum absolute atomic E-state index is 13.8. The number of hydrogen-bond acceptors (Lipinski definition) is 4. The quantitative estimate of drug-likeness (QED) is 0.501. The van der Waals surface area contributed by atoms with Gasteiger partial charge in [0.2, 0.25) is 0 Å². The summed E-state index contributed by atoms with van der Waals surface area (Å²) in [4.78, 5) is 7.22. The van der Waals surface area contributed by atoms with E-state index in [-0.39, 0.29) is 18.5 Å².